The Morgan fingerprint density at radius 3 is 2.47 bits per heavy atom. The van der Waals surface area contributed by atoms with Gasteiger partial charge in [-0.25, -0.2) is 0 Å². The molecule has 5 nitrogen and oxygen atoms in total. The zero-order valence-electron chi connectivity index (χ0n) is 9.86. The van der Waals surface area contributed by atoms with E-state index in [4.69, 9.17) is 10.8 Å². The molecule has 0 unspecified atom stereocenters. The highest BCUT2D eigenvalue weighted by Crippen LogP contribution is 2.26. The SMILES string of the molecule is Cc1nn(C)c(N(CCO)C(C)C)c1N. The summed E-state index contributed by atoms with van der Waals surface area (Å²) < 4.78 is 1.76. The van der Waals surface area contributed by atoms with Gasteiger partial charge in [0.05, 0.1) is 18.0 Å². The molecule has 0 radical (unpaired) electrons. The Hall–Kier alpha value is -1.23. The summed E-state index contributed by atoms with van der Waals surface area (Å²) in [4.78, 5) is 2.05. The number of anilines is 2. The average molecular weight is 212 g/mol. The van der Waals surface area contributed by atoms with Crippen LogP contribution in [0.15, 0.2) is 0 Å². The largest absolute Gasteiger partial charge is 0.395 e. The summed E-state index contributed by atoms with van der Waals surface area (Å²) in [6, 6.07) is 0.286. The van der Waals surface area contributed by atoms with Gasteiger partial charge in [-0.1, -0.05) is 0 Å². The van der Waals surface area contributed by atoms with Crippen molar-refractivity contribution in [1.82, 2.24) is 9.78 Å². The van der Waals surface area contributed by atoms with E-state index < -0.39 is 0 Å². The van der Waals surface area contributed by atoms with Crippen molar-refractivity contribution in [1.29, 1.82) is 0 Å². The van der Waals surface area contributed by atoms with Gasteiger partial charge in [0, 0.05) is 19.6 Å². The van der Waals surface area contributed by atoms with Gasteiger partial charge >= 0.3 is 0 Å². The highest BCUT2D eigenvalue weighted by molar-refractivity contribution is 5.66. The van der Waals surface area contributed by atoms with Crippen LogP contribution < -0.4 is 10.6 Å². The predicted molar refractivity (Wildman–Crippen MR) is 61.9 cm³/mol. The van der Waals surface area contributed by atoms with Crippen LogP contribution in [0.25, 0.3) is 0 Å². The Kier molecular flexibility index (Phi) is 3.57. The second kappa shape index (κ2) is 4.53. The molecule has 0 aliphatic rings. The molecule has 0 amide bonds. The molecular weight excluding hydrogens is 192 g/mol. The van der Waals surface area contributed by atoms with E-state index in [1.807, 2.05) is 14.0 Å². The molecule has 0 spiro atoms. The lowest BCUT2D eigenvalue weighted by molar-refractivity contribution is 0.298. The number of nitrogen functional groups attached to an aromatic ring is 1. The number of hydrogen-bond donors (Lipinski definition) is 2. The molecule has 1 aromatic heterocycles. The van der Waals surface area contributed by atoms with Gasteiger partial charge in [-0.2, -0.15) is 5.10 Å². The molecule has 0 fully saturated rings. The first-order chi connectivity index (χ1) is 6.99. The van der Waals surface area contributed by atoms with Gasteiger partial charge in [0.15, 0.2) is 5.82 Å². The maximum absolute atomic E-state index is 9.02. The Bertz CT molecular complexity index is 332. The van der Waals surface area contributed by atoms with Crippen molar-refractivity contribution in [2.24, 2.45) is 7.05 Å². The van der Waals surface area contributed by atoms with Gasteiger partial charge in [-0.15, -0.1) is 0 Å². The molecule has 0 aromatic carbocycles. The average Bonchev–Trinajstić information content (AvgIpc) is 2.38. The van der Waals surface area contributed by atoms with Gasteiger partial charge in [0.25, 0.3) is 0 Å². The minimum absolute atomic E-state index is 0.113. The maximum Gasteiger partial charge on any atom is 0.150 e. The van der Waals surface area contributed by atoms with E-state index in [1.165, 1.54) is 0 Å². The van der Waals surface area contributed by atoms with Gasteiger partial charge in [0.2, 0.25) is 0 Å². The third-order valence-corrected chi connectivity index (χ3v) is 2.47. The van der Waals surface area contributed by atoms with E-state index >= 15 is 0 Å². The number of aliphatic hydroxyl groups excluding tert-OH is 1. The predicted octanol–water partition coefficient (Wildman–Crippen LogP) is 0.518. The van der Waals surface area contributed by atoms with E-state index in [1.54, 1.807) is 4.68 Å². The van der Waals surface area contributed by atoms with Crippen LogP contribution in [0.4, 0.5) is 11.5 Å². The fraction of sp³-hybridized carbons (Fsp3) is 0.700. The van der Waals surface area contributed by atoms with Gasteiger partial charge in [-0.3, -0.25) is 4.68 Å². The van der Waals surface area contributed by atoms with Crippen molar-refractivity contribution < 1.29 is 5.11 Å². The molecule has 86 valence electrons. The summed E-state index contributed by atoms with van der Waals surface area (Å²) in [5.41, 5.74) is 7.49. The van der Waals surface area contributed by atoms with Crippen molar-refractivity contribution in [2.45, 2.75) is 26.8 Å². The molecule has 1 rings (SSSR count). The lowest BCUT2D eigenvalue weighted by Gasteiger charge is -2.28. The minimum atomic E-state index is 0.113. The molecule has 0 bridgehead atoms. The van der Waals surface area contributed by atoms with Crippen LogP contribution in [0.3, 0.4) is 0 Å². The van der Waals surface area contributed by atoms with Crippen molar-refractivity contribution in [2.75, 3.05) is 23.8 Å². The third kappa shape index (κ3) is 2.23. The monoisotopic (exact) mass is 212 g/mol. The van der Waals surface area contributed by atoms with Gasteiger partial charge < -0.3 is 15.7 Å². The van der Waals surface area contributed by atoms with Crippen molar-refractivity contribution >= 4 is 11.5 Å². The van der Waals surface area contributed by atoms with Crippen LogP contribution in [-0.2, 0) is 7.05 Å². The lowest BCUT2D eigenvalue weighted by atomic mass is 10.3. The normalized spacial score (nSPS) is 11.1. The van der Waals surface area contributed by atoms with Gasteiger partial charge in [-0.05, 0) is 20.8 Å². The number of aryl methyl sites for hydroxylation is 2. The summed E-state index contributed by atoms with van der Waals surface area (Å²) in [5, 5.41) is 13.3. The molecule has 15 heavy (non-hydrogen) atoms. The van der Waals surface area contributed by atoms with E-state index in [0.29, 0.717) is 12.2 Å². The molecule has 0 aliphatic carbocycles. The second-order valence-corrected chi connectivity index (χ2v) is 3.96. The van der Waals surface area contributed by atoms with Crippen LogP contribution >= 0.6 is 0 Å². The summed E-state index contributed by atoms with van der Waals surface area (Å²) >= 11 is 0. The highest BCUT2D eigenvalue weighted by Gasteiger charge is 2.19. The molecule has 0 aliphatic heterocycles. The molecule has 0 saturated carbocycles. The van der Waals surface area contributed by atoms with Crippen molar-refractivity contribution in [3.05, 3.63) is 5.69 Å². The molecule has 0 saturated heterocycles. The molecule has 1 heterocycles. The summed E-state index contributed by atoms with van der Waals surface area (Å²) in [7, 11) is 1.87. The molecule has 1 aromatic rings. The van der Waals surface area contributed by atoms with E-state index in [9.17, 15) is 0 Å². The van der Waals surface area contributed by atoms with Crippen molar-refractivity contribution in [3.63, 3.8) is 0 Å². The number of aliphatic hydroxyl groups is 1. The van der Waals surface area contributed by atoms with Crippen LogP contribution in [0.5, 0.6) is 0 Å². The van der Waals surface area contributed by atoms with Crippen LogP contribution in [-0.4, -0.2) is 34.1 Å². The third-order valence-electron chi connectivity index (χ3n) is 2.47. The smallest absolute Gasteiger partial charge is 0.150 e. The number of aromatic nitrogens is 2. The first-order valence-electron chi connectivity index (χ1n) is 5.15. The molecule has 5 heteroatoms. The van der Waals surface area contributed by atoms with Gasteiger partial charge in [0.1, 0.15) is 0 Å². The van der Waals surface area contributed by atoms with E-state index in [0.717, 1.165) is 11.5 Å². The molecular formula is C10H20N4O. The minimum Gasteiger partial charge on any atom is -0.395 e. The topological polar surface area (TPSA) is 67.3 Å². The fourth-order valence-electron chi connectivity index (χ4n) is 1.72. The zero-order valence-corrected chi connectivity index (χ0v) is 9.86. The van der Waals surface area contributed by atoms with Crippen LogP contribution in [0, 0.1) is 6.92 Å². The summed E-state index contributed by atoms with van der Waals surface area (Å²) in [5.74, 6) is 0.886. The lowest BCUT2D eigenvalue weighted by Crippen LogP contribution is -2.35. The Balaban J connectivity index is 3.10. The zero-order chi connectivity index (χ0) is 11.6. The maximum atomic E-state index is 9.02. The van der Waals surface area contributed by atoms with E-state index in [-0.39, 0.29) is 12.6 Å². The fourth-order valence-corrected chi connectivity index (χ4v) is 1.72. The first kappa shape index (κ1) is 11.8. The number of hydrogen-bond acceptors (Lipinski definition) is 4. The first-order valence-corrected chi connectivity index (χ1v) is 5.15. The van der Waals surface area contributed by atoms with E-state index in [2.05, 4.69) is 23.8 Å². The number of nitrogens with two attached hydrogens (primary N) is 1. The van der Waals surface area contributed by atoms with Crippen molar-refractivity contribution in [3.8, 4) is 0 Å². The molecule has 3 N–H and O–H groups in total. The summed E-state index contributed by atoms with van der Waals surface area (Å²) in [6.45, 7) is 6.70. The summed E-state index contributed by atoms with van der Waals surface area (Å²) in [6.07, 6.45) is 0. The molecule has 0 atom stereocenters. The number of rotatable bonds is 4. The van der Waals surface area contributed by atoms with Crippen LogP contribution in [0.2, 0.25) is 0 Å². The Morgan fingerprint density at radius 1 is 1.53 bits per heavy atom. The second-order valence-electron chi connectivity index (χ2n) is 3.96. The highest BCUT2D eigenvalue weighted by atomic mass is 16.3. The Labute approximate surface area is 90.5 Å². The standard InChI is InChI=1S/C10H20N4O/c1-7(2)14(5-6-15)10-9(11)8(3)12-13(10)4/h7,15H,5-6,11H2,1-4H3. The van der Waals surface area contributed by atoms with Crippen LogP contribution in [0.1, 0.15) is 19.5 Å². The number of nitrogens with zero attached hydrogens (tertiary/aromatic N) is 3. The Morgan fingerprint density at radius 2 is 2.13 bits per heavy atom. The quantitative estimate of drug-likeness (QED) is 0.763.